The van der Waals surface area contributed by atoms with E-state index in [0.29, 0.717) is 12.4 Å². The highest BCUT2D eigenvalue weighted by Crippen LogP contribution is 2.37. The lowest BCUT2D eigenvalue weighted by atomic mass is 10.1. The molecule has 16 heteroatoms. The molecule has 0 bridgehead atoms. The van der Waals surface area contributed by atoms with Crippen LogP contribution in [0.25, 0.3) is 0 Å². The topological polar surface area (TPSA) is 124 Å². The summed E-state index contributed by atoms with van der Waals surface area (Å²) >= 11 is 0. The van der Waals surface area contributed by atoms with Gasteiger partial charge in [-0.3, -0.25) is 14.4 Å². The standard InChI is InChI=1S/C20H19F6N7O3/c21-19(22,23)10-8-27-18(28-9-10)33-5-3-32(4-6-33)14(35)7-13(34)29-12-2-1-11-15(20(24,25)26)17(36)31-30-16(11)12/h8-9,12H,1-7H2,(H,29,34)(H,31,36). The first-order chi connectivity index (χ1) is 16.8. The molecule has 1 saturated heterocycles. The van der Waals surface area contributed by atoms with Crippen molar-refractivity contribution in [3.05, 3.63) is 45.1 Å². The number of aromatic amines is 1. The molecule has 0 aromatic carbocycles. The zero-order valence-corrected chi connectivity index (χ0v) is 18.4. The number of anilines is 1. The SMILES string of the molecule is O=C(CC(=O)N1CCN(c2ncc(C(F)(F)F)cn2)CC1)NC1CCc2c1n[nH]c(=O)c2C(F)(F)F. The maximum atomic E-state index is 13.2. The van der Waals surface area contributed by atoms with Crippen molar-refractivity contribution >= 4 is 17.8 Å². The molecular formula is C20H19F6N7O3. The molecule has 1 aliphatic heterocycles. The van der Waals surface area contributed by atoms with Gasteiger partial charge in [0.25, 0.3) is 5.56 Å². The molecular weight excluding hydrogens is 500 g/mol. The number of piperazine rings is 1. The Morgan fingerprint density at radius 1 is 1.03 bits per heavy atom. The zero-order valence-electron chi connectivity index (χ0n) is 18.4. The molecule has 10 nitrogen and oxygen atoms in total. The summed E-state index contributed by atoms with van der Waals surface area (Å²) in [7, 11) is 0. The molecule has 0 radical (unpaired) electrons. The minimum absolute atomic E-state index is 0.0801. The maximum absolute atomic E-state index is 13.2. The number of H-pyrrole nitrogens is 1. The van der Waals surface area contributed by atoms with Crippen LogP contribution in [-0.4, -0.2) is 63.1 Å². The molecule has 36 heavy (non-hydrogen) atoms. The van der Waals surface area contributed by atoms with Crippen molar-refractivity contribution in [1.82, 2.24) is 30.4 Å². The van der Waals surface area contributed by atoms with Crippen LogP contribution in [0.2, 0.25) is 0 Å². The van der Waals surface area contributed by atoms with Crippen LogP contribution in [0.1, 0.15) is 41.3 Å². The number of halogens is 6. The summed E-state index contributed by atoms with van der Waals surface area (Å²) in [6.45, 7) is 0.791. The lowest BCUT2D eigenvalue weighted by Crippen LogP contribution is -2.50. The number of hydrogen-bond acceptors (Lipinski definition) is 7. The van der Waals surface area contributed by atoms with Gasteiger partial charge in [-0.1, -0.05) is 0 Å². The Morgan fingerprint density at radius 3 is 2.25 bits per heavy atom. The number of hydrogen-bond donors (Lipinski definition) is 2. The number of alkyl halides is 6. The van der Waals surface area contributed by atoms with E-state index in [0.717, 1.165) is 0 Å². The molecule has 2 amide bonds. The monoisotopic (exact) mass is 519 g/mol. The van der Waals surface area contributed by atoms with Gasteiger partial charge in [-0.15, -0.1) is 0 Å². The third-order valence-electron chi connectivity index (χ3n) is 5.94. The molecule has 1 aliphatic carbocycles. The van der Waals surface area contributed by atoms with Crippen LogP contribution in [0.15, 0.2) is 17.2 Å². The highest BCUT2D eigenvalue weighted by Gasteiger charge is 2.41. The zero-order chi connectivity index (χ0) is 26.3. The number of carbonyl (C=O) groups is 2. The largest absolute Gasteiger partial charge is 0.422 e. The Balaban J connectivity index is 1.31. The van der Waals surface area contributed by atoms with Crippen LogP contribution < -0.4 is 15.8 Å². The molecule has 2 aromatic rings. The van der Waals surface area contributed by atoms with Crippen molar-refractivity contribution in [2.24, 2.45) is 0 Å². The van der Waals surface area contributed by atoms with Gasteiger partial charge in [0.15, 0.2) is 0 Å². The fraction of sp³-hybridized carbons (Fsp3) is 0.500. The third-order valence-corrected chi connectivity index (χ3v) is 5.94. The minimum atomic E-state index is -4.87. The average molecular weight is 519 g/mol. The smallest absolute Gasteiger partial charge is 0.347 e. The van der Waals surface area contributed by atoms with E-state index < -0.39 is 53.3 Å². The maximum Gasteiger partial charge on any atom is 0.422 e. The Morgan fingerprint density at radius 2 is 1.67 bits per heavy atom. The summed E-state index contributed by atoms with van der Waals surface area (Å²) in [5.41, 5.74) is -4.04. The van der Waals surface area contributed by atoms with Crippen LogP contribution in [0.4, 0.5) is 32.3 Å². The summed E-state index contributed by atoms with van der Waals surface area (Å²) in [5, 5.41) is 7.97. The van der Waals surface area contributed by atoms with Gasteiger partial charge in [0.1, 0.15) is 12.0 Å². The summed E-state index contributed by atoms with van der Waals surface area (Å²) in [6.07, 6.45) is -8.65. The van der Waals surface area contributed by atoms with Gasteiger partial charge >= 0.3 is 12.4 Å². The van der Waals surface area contributed by atoms with E-state index >= 15 is 0 Å². The van der Waals surface area contributed by atoms with Gasteiger partial charge in [0, 0.05) is 38.6 Å². The molecule has 0 spiro atoms. The summed E-state index contributed by atoms with van der Waals surface area (Å²) < 4.78 is 77.7. The van der Waals surface area contributed by atoms with Gasteiger partial charge in [0.05, 0.1) is 17.3 Å². The first kappa shape index (κ1) is 25.4. The molecule has 2 aliphatic rings. The molecule has 4 rings (SSSR count). The van der Waals surface area contributed by atoms with Crippen molar-refractivity contribution in [3.63, 3.8) is 0 Å². The summed E-state index contributed by atoms with van der Waals surface area (Å²) in [5.74, 6) is -1.16. The normalized spacial score (nSPS) is 18.2. The molecule has 1 fully saturated rings. The number of rotatable bonds is 4. The van der Waals surface area contributed by atoms with Crippen molar-refractivity contribution < 1.29 is 35.9 Å². The second kappa shape index (κ2) is 9.39. The number of amides is 2. The third kappa shape index (κ3) is 5.26. The average Bonchev–Trinajstić information content (AvgIpc) is 3.19. The fourth-order valence-corrected chi connectivity index (χ4v) is 4.19. The molecule has 1 unspecified atom stereocenters. The molecule has 2 N–H and O–H groups in total. The highest BCUT2D eigenvalue weighted by atomic mass is 19.4. The van der Waals surface area contributed by atoms with E-state index in [9.17, 15) is 40.7 Å². The summed E-state index contributed by atoms with van der Waals surface area (Å²) in [4.78, 5) is 47.0. The van der Waals surface area contributed by atoms with Crippen LogP contribution in [0.5, 0.6) is 0 Å². The molecule has 194 valence electrons. The predicted octanol–water partition coefficient (Wildman–Crippen LogP) is 1.44. The molecule has 2 aromatic heterocycles. The van der Waals surface area contributed by atoms with Crippen molar-refractivity contribution in [3.8, 4) is 0 Å². The Kier molecular flexibility index (Phi) is 6.62. The number of aromatic nitrogens is 4. The number of fused-ring (bicyclic) bond motifs is 1. The van der Waals surface area contributed by atoms with Crippen LogP contribution in [0, 0.1) is 0 Å². The fourth-order valence-electron chi connectivity index (χ4n) is 4.19. The van der Waals surface area contributed by atoms with Gasteiger partial charge in [0.2, 0.25) is 17.8 Å². The lowest BCUT2D eigenvalue weighted by molar-refractivity contribution is -0.139. The van der Waals surface area contributed by atoms with E-state index in [2.05, 4.69) is 20.4 Å². The van der Waals surface area contributed by atoms with Crippen molar-refractivity contribution in [2.75, 3.05) is 31.1 Å². The first-order valence-corrected chi connectivity index (χ1v) is 10.7. The van der Waals surface area contributed by atoms with Gasteiger partial charge in [-0.2, -0.15) is 31.4 Å². The van der Waals surface area contributed by atoms with Crippen molar-refractivity contribution in [1.29, 1.82) is 0 Å². The number of nitrogens with zero attached hydrogens (tertiary/aromatic N) is 5. The minimum Gasteiger partial charge on any atom is -0.347 e. The summed E-state index contributed by atoms with van der Waals surface area (Å²) in [6, 6.07) is -0.882. The number of nitrogens with one attached hydrogen (secondary N) is 2. The Hall–Kier alpha value is -3.72. The Labute approximate surface area is 198 Å². The van der Waals surface area contributed by atoms with Crippen molar-refractivity contribution in [2.45, 2.75) is 37.7 Å². The number of carbonyl (C=O) groups excluding carboxylic acids is 2. The molecule has 1 atom stereocenters. The van der Waals surface area contributed by atoms with Crippen LogP contribution >= 0.6 is 0 Å². The van der Waals surface area contributed by atoms with E-state index in [4.69, 9.17) is 0 Å². The van der Waals surface area contributed by atoms with Crippen LogP contribution in [0.3, 0.4) is 0 Å². The highest BCUT2D eigenvalue weighted by molar-refractivity contribution is 5.97. The van der Waals surface area contributed by atoms with E-state index in [1.165, 1.54) is 4.90 Å². The van der Waals surface area contributed by atoms with E-state index in [1.807, 2.05) is 5.10 Å². The van der Waals surface area contributed by atoms with E-state index in [-0.39, 0.29) is 56.2 Å². The quantitative estimate of drug-likeness (QED) is 0.463. The lowest BCUT2D eigenvalue weighted by Gasteiger charge is -2.34. The second-order valence-electron chi connectivity index (χ2n) is 8.26. The van der Waals surface area contributed by atoms with Gasteiger partial charge < -0.3 is 15.1 Å². The van der Waals surface area contributed by atoms with Crippen LogP contribution in [-0.2, 0) is 28.4 Å². The Bertz CT molecular complexity index is 1200. The van der Waals surface area contributed by atoms with E-state index in [1.54, 1.807) is 4.90 Å². The van der Waals surface area contributed by atoms with Gasteiger partial charge in [-0.25, -0.2) is 15.1 Å². The molecule has 0 saturated carbocycles. The predicted molar refractivity (Wildman–Crippen MR) is 110 cm³/mol. The first-order valence-electron chi connectivity index (χ1n) is 10.7. The van der Waals surface area contributed by atoms with Gasteiger partial charge in [-0.05, 0) is 18.4 Å². The molecule has 3 heterocycles. The second-order valence-corrected chi connectivity index (χ2v) is 8.26.